The first-order chi connectivity index (χ1) is 5.86. The van der Waals surface area contributed by atoms with Crippen LogP contribution in [0.15, 0.2) is 0 Å². The molecule has 2 saturated carbocycles. The average Bonchev–Trinajstić information content (AvgIpc) is 2.77. The maximum atomic E-state index is 3.42. The molecule has 2 fully saturated rings. The highest BCUT2D eigenvalue weighted by Gasteiger charge is 2.51. The van der Waals surface area contributed by atoms with Crippen LogP contribution < -0.4 is 10.6 Å². The van der Waals surface area contributed by atoms with Crippen LogP contribution in [-0.4, -0.2) is 26.7 Å². The van der Waals surface area contributed by atoms with Gasteiger partial charge in [-0.15, -0.1) is 0 Å². The van der Waals surface area contributed by atoms with Gasteiger partial charge in [-0.25, -0.2) is 0 Å². The van der Waals surface area contributed by atoms with Crippen molar-refractivity contribution in [1.82, 2.24) is 10.6 Å². The largest absolute Gasteiger partial charge is 0.319 e. The molecule has 12 heavy (non-hydrogen) atoms. The topological polar surface area (TPSA) is 24.1 Å². The Labute approximate surface area is 75.1 Å². The molecule has 0 aromatic heterocycles. The van der Waals surface area contributed by atoms with Gasteiger partial charge in [0, 0.05) is 6.04 Å². The van der Waals surface area contributed by atoms with E-state index in [9.17, 15) is 0 Å². The quantitative estimate of drug-likeness (QED) is 0.652. The van der Waals surface area contributed by atoms with E-state index in [2.05, 4.69) is 24.7 Å². The molecule has 0 radical (unpaired) electrons. The summed E-state index contributed by atoms with van der Waals surface area (Å²) in [5.41, 5.74) is 0. The minimum Gasteiger partial charge on any atom is -0.319 e. The van der Waals surface area contributed by atoms with Crippen molar-refractivity contribution < 1.29 is 0 Å². The molecule has 2 N–H and O–H groups in total. The minimum absolute atomic E-state index is 0.867. The molecule has 0 spiro atoms. The Balaban J connectivity index is 1.80. The van der Waals surface area contributed by atoms with Crippen molar-refractivity contribution in [1.29, 1.82) is 0 Å². The van der Waals surface area contributed by atoms with E-state index in [1.165, 1.54) is 25.8 Å². The van der Waals surface area contributed by atoms with Gasteiger partial charge < -0.3 is 10.6 Å². The molecule has 70 valence electrons. The molecule has 0 aliphatic heterocycles. The van der Waals surface area contributed by atoms with Gasteiger partial charge in [-0.2, -0.15) is 0 Å². The third kappa shape index (κ3) is 1.38. The first-order valence-corrected chi connectivity index (χ1v) is 5.18. The zero-order chi connectivity index (χ0) is 8.55. The van der Waals surface area contributed by atoms with E-state index in [4.69, 9.17) is 0 Å². The molecule has 0 aromatic carbocycles. The van der Waals surface area contributed by atoms with E-state index in [1.807, 2.05) is 0 Å². The van der Waals surface area contributed by atoms with Crippen molar-refractivity contribution in [3.05, 3.63) is 0 Å². The monoisotopic (exact) mass is 168 g/mol. The van der Waals surface area contributed by atoms with Gasteiger partial charge in [-0.05, 0) is 57.7 Å². The van der Waals surface area contributed by atoms with E-state index in [-0.39, 0.29) is 0 Å². The molecule has 2 aliphatic carbocycles. The van der Waals surface area contributed by atoms with Crippen LogP contribution in [0.4, 0.5) is 0 Å². The van der Waals surface area contributed by atoms with Crippen molar-refractivity contribution in [2.45, 2.75) is 25.3 Å². The third-order valence-corrected chi connectivity index (χ3v) is 3.67. The van der Waals surface area contributed by atoms with Crippen molar-refractivity contribution >= 4 is 0 Å². The molecular formula is C10H20N2. The highest BCUT2D eigenvalue weighted by Crippen LogP contribution is 2.51. The lowest BCUT2D eigenvalue weighted by Crippen LogP contribution is -2.21. The summed E-state index contributed by atoms with van der Waals surface area (Å²) in [6.45, 7) is 1.22. The minimum atomic E-state index is 0.867. The van der Waals surface area contributed by atoms with Crippen molar-refractivity contribution in [3.8, 4) is 0 Å². The summed E-state index contributed by atoms with van der Waals surface area (Å²) in [4.78, 5) is 0. The van der Waals surface area contributed by atoms with E-state index in [0.29, 0.717) is 0 Å². The second-order valence-corrected chi connectivity index (χ2v) is 4.38. The number of nitrogens with one attached hydrogen (secondary N) is 2. The van der Waals surface area contributed by atoms with Crippen LogP contribution in [0.1, 0.15) is 19.3 Å². The van der Waals surface area contributed by atoms with Gasteiger partial charge in [0.05, 0.1) is 0 Å². The Bertz CT molecular complexity index is 154. The maximum absolute atomic E-state index is 3.42. The van der Waals surface area contributed by atoms with E-state index >= 15 is 0 Å². The zero-order valence-corrected chi connectivity index (χ0v) is 8.14. The fraction of sp³-hybridized carbons (Fsp3) is 1.00. The summed E-state index contributed by atoms with van der Waals surface area (Å²) in [6.07, 6.45) is 4.36. The Kier molecular flexibility index (Phi) is 2.37. The summed E-state index contributed by atoms with van der Waals surface area (Å²) < 4.78 is 0. The second kappa shape index (κ2) is 3.35. The van der Waals surface area contributed by atoms with Crippen molar-refractivity contribution in [2.75, 3.05) is 20.6 Å². The van der Waals surface area contributed by atoms with E-state index in [0.717, 1.165) is 23.8 Å². The van der Waals surface area contributed by atoms with Gasteiger partial charge in [0.1, 0.15) is 0 Å². The van der Waals surface area contributed by atoms with Crippen LogP contribution in [-0.2, 0) is 0 Å². The number of hydrogen-bond donors (Lipinski definition) is 2. The zero-order valence-electron chi connectivity index (χ0n) is 8.14. The van der Waals surface area contributed by atoms with Crippen molar-refractivity contribution in [3.63, 3.8) is 0 Å². The summed E-state index contributed by atoms with van der Waals surface area (Å²) in [5.74, 6) is 3.00. The molecule has 2 aliphatic rings. The molecule has 0 bridgehead atoms. The fourth-order valence-electron chi connectivity index (χ4n) is 2.99. The molecule has 0 aromatic rings. The fourth-order valence-corrected chi connectivity index (χ4v) is 2.99. The normalized spacial score (nSPS) is 45.5. The van der Waals surface area contributed by atoms with Gasteiger partial charge in [0.15, 0.2) is 0 Å². The van der Waals surface area contributed by atoms with Crippen LogP contribution in [0.2, 0.25) is 0 Å². The lowest BCUT2D eigenvalue weighted by molar-refractivity contribution is 0.336. The van der Waals surface area contributed by atoms with Gasteiger partial charge >= 0.3 is 0 Å². The second-order valence-electron chi connectivity index (χ2n) is 4.38. The summed E-state index contributed by atoms with van der Waals surface area (Å²) in [6, 6.07) is 0.867. The third-order valence-electron chi connectivity index (χ3n) is 3.67. The van der Waals surface area contributed by atoms with Gasteiger partial charge in [-0.1, -0.05) is 0 Å². The highest BCUT2D eigenvalue weighted by atomic mass is 15.0. The van der Waals surface area contributed by atoms with Crippen LogP contribution in [0.5, 0.6) is 0 Å². The van der Waals surface area contributed by atoms with Crippen LogP contribution >= 0.6 is 0 Å². The Morgan fingerprint density at radius 1 is 1.17 bits per heavy atom. The molecule has 2 heteroatoms. The van der Waals surface area contributed by atoms with E-state index in [1.54, 1.807) is 0 Å². The van der Waals surface area contributed by atoms with Crippen LogP contribution in [0.25, 0.3) is 0 Å². The van der Waals surface area contributed by atoms with Crippen molar-refractivity contribution in [2.24, 2.45) is 17.8 Å². The molecule has 2 nitrogen and oxygen atoms in total. The number of rotatable bonds is 3. The maximum Gasteiger partial charge on any atom is 0.0127 e. The van der Waals surface area contributed by atoms with Crippen LogP contribution in [0.3, 0.4) is 0 Å². The standard InChI is InChI=1S/C10H20N2/c1-11-6-7-3-4-8-9(5-7)10(8)12-2/h7-12H,3-6H2,1-2H3. The molecule has 4 unspecified atom stereocenters. The predicted octanol–water partition coefficient (Wildman–Crippen LogP) is 0.840. The van der Waals surface area contributed by atoms with Gasteiger partial charge in [-0.3, -0.25) is 0 Å². The first kappa shape index (κ1) is 8.52. The van der Waals surface area contributed by atoms with Gasteiger partial charge in [0.25, 0.3) is 0 Å². The molecule has 0 amide bonds. The van der Waals surface area contributed by atoms with E-state index < -0.39 is 0 Å². The lowest BCUT2D eigenvalue weighted by Gasteiger charge is -2.19. The molecule has 4 atom stereocenters. The predicted molar refractivity (Wildman–Crippen MR) is 51.1 cm³/mol. The van der Waals surface area contributed by atoms with Gasteiger partial charge in [0.2, 0.25) is 0 Å². The summed E-state index contributed by atoms with van der Waals surface area (Å²) >= 11 is 0. The molecule has 2 rings (SSSR count). The molecule has 0 saturated heterocycles. The number of hydrogen-bond acceptors (Lipinski definition) is 2. The Hall–Kier alpha value is -0.0800. The smallest absolute Gasteiger partial charge is 0.0127 e. The van der Waals surface area contributed by atoms with Crippen LogP contribution in [0, 0.1) is 17.8 Å². The average molecular weight is 168 g/mol. The SMILES string of the molecule is CNCC1CCC2C(C1)C2NC. The Morgan fingerprint density at radius 3 is 2.67 bits per heavy atom. The molecule has 0 heterocycles. The number of fused-ring (bicyclic) bond motifs is 1. The first-order valence-electron chi connectivity index (χ1n) is 5.18. The summed E-state index contributed by atoms with van der Waals surface area (Å²) in [5, 5.41) is 6.71. The molecular weight excluding hydrogens is 148 g/mol. The summed E-state index contributed by atoms with van der Waals surface area (Å²) in [7, 11) is 4.17. The highest BCUT2D eigenvalue weighted by molar-refractivity contribution is 5.05. The Morgan fingerprint density at radius 2 is 2.00 bits per heavy atom. The lowest BCUT2D eigenvalue weighted by atomic mass is 9.89.